The van der Waals surface area contributed by atoms with Gasteiger partial charge in [-0.1, -0.05) is 24.3 Å². The number of rotatable bonds is 5. The number of nitrogens with one attached hydrogen (secondary N) is 2. The van der Waals surface area contributed by atoms with Gasteiger partial charge in [-0.05, 0) is 59.7 Å². The molecule has 0 bridgehead atoms. The standard InChI is InChI=1S/C22H22N2O3/c1-14(16-4-5-18-13-20(27-3)11-8-17(18)12-16)21(25)24-19-9-6-15(7-10-19)22(26)23-2/h4-14H,1-3H3,(H,23,26)(H,24,25). The molecule has 0 saturated heterocycles. The van der Waals surface area contributed by atoms with E-state index >= 15 is 0 Å². The van der Waals surface area contributed by atoms with Crippen molar-refractivity contribution < 1.29 is 14.3 Å². The van der Waals surface area contributed by atoms with Crippen LogP contribution in [0.2, 0.25) is 0 Å². The Morgan fingerprint density at radius 2 is 1.59 bits per heavy atom. The number of amides is 2. The van der Waals surface area contributed by atoms with Crippen molar-refractivity contribution >= 4 is 28.3 Å². The van der Waals surface area contributed by atoms with Crippen molar-refractivity contribution in [2.75, 3.05) is 19.5 Å². The lowest BCUT2D eigenvalue weighted by Crippen LogP contribution is -2.19. The Morgan fingerprint density at radius 1 is 0.926 bits per heavy atom. The average molecular weight is 362 g/mol. The Morgan fingerprint density at radius 3 is 2.26 bits per heavy atom. The third-order valence-corrected chi connectivity index (χ3v) is 4.61. The van der Waals surface area contributed by atoms with Crippen LogP contribution in [-0.2, 0) is 4.79 Å². The third kappa shape index (κ3) is 4.08. The lowest BCUT2D eigenvalue weighted by molar-refractivity contribution is -0.117. The van der Waals surface area contributed by atoms with Gasteiger partial charge in [-0.15, -0.1) is 0 Å². The fourth-order valence-electron chi connectivity index (χ4n) is 2.89. The molecule has 0 spiro atoms. The summed E-state index contributed by atoms with van der Waals surface area (Å²) in [5.41, 5.74) is 2.14. The van der Waals surface area contributed by atoms with E-state index in [-0.39, 0.29) is 17.7 Å². The van der Waals surface area contributed by atoms with Crippen LogP contribution >= 0.6 is 0 Å². The lowest BCUT2D eigenvalue weighted by atomic mass is 9.97. The largest absolute Gasteiger partial charge is 0.497 e. The second-order valence-corrected chi connectivity index (χ2v) is 6.34. The van der Waals surface area contributed by atoms with E-state index in [0.29, 0.717) is 11.3 Å². The maximum absolute atomic E-state index is 12.6. The Balaban J connectivity index is 1.74. The van der Waals surface area contributed by atoms with Gasteiger partial charge in [-0.3, -0.25) is 9.59 Å². The molecule has 0 aliphatic carbocycles. The molecule has 0 aliphatic rings. The van der Waals surface area contributed by atoms with Gasteiger partial charge in [0.15, 0.2) is 0 Å². The number of hydrogen-bond acceptors (Lipinski definition) is 3. The van der Waals surface area contributed by atoms with Gasteiger partial charge in [-0.25, -0.2) is 0 Å². The fourth-order valence-corrected chi connectivity index (χ4v) is 2.89. The highest BCUT2D eigenvalue weighted by molar-refractivity contribution is 5.98. The summed E-state index contributed by atoms with van der Waals surface area (Å²) in [4.78, 5) is 24.2. The first-order valence-corrected chi connectivity index (χ1v) is 8.72. The zero-order valence-electron chi connectivity index (χ0n) is 15.6. The first-order chi connectivity index (χ1) is 13.0. The van der Waals surface area contributed by atoms with E-state index in [4.69, 9.17) is 4.74 Å². The molecule has 0 radical (unpaired) electrons. The number of hydrogen-bond donors (Lipinski definition) is 2. The average Bonchev–Trinajstić information content (AvgIpc) is 2.72. The van der Waals surface area contributed by atoms with Crippen LogP contribution in [0.4, 0.5) is 5.69 Å². The molecule has 3 rings (SSSR count). The maximum atomic E-state index is 12.6. The van der Waals surface area contributed by atoms with Gasteiger partial charge in [-0.2, -0.15) is 0 Å². The maximum Gasteiger partial charge on any atom is 0.251 e. The van der Waals surface area contributed by atoms with E-state index < -0.39 is 0 Å². The van der Waals surface area contributed by atoms with Crippen LogP contribution in [-0.4, -0.2) is 26.0 Å². The van der Waals surface area contributed by atoms with Crippen LogP contribution in [0.3, 0.4) is 0 Å². The van der Waals surface area contributed by atoms with E-state index in [9.17, 15) is 9.59 Å². The predicted molar refractivity (Wildman–Crippen MR) is 107 cm³/mol. The third-order valence-electron chi connectivity index (χ3n) is 4.61. The molecule has 1 atom stereocenters. The van der Waals surface area contributed by atoms with Crippen LogP contribution < -0.4 is 15.4 Å². The first-order valence-electron chi connectivity index (χ1n) is 8.72. The molecule has 0 heterocycles. The molecule has 5 nitrogen and oxygen atoms in total. The predicted octanol–water partition coefficient (Wildman–Crippen LogP) is 3.95. The van der Waals surface area contributed by atoms with Gasteiger partial charge in [0, 0.05) is 18.3 Å². The molecular weight excluding hydrogens is 340 g/mol. The second kappa shape index (κ2) is 7.91. The highest BCUT2D eigenvalue weighted by Gasteiger charge is 2.16. The number of fused-ring (bicyclic) bond motifs is 1. The van der Waals surface area contributed by atoms with Crippen LogP contribution in [0.25, 0.3) is 10.8 Å². The van der Waals surface area contributed by atoms with Crippen LogP contribution in [0.1, 0.15) is 28.8 Å². The van der Waals surface area contributed by atoms with Gasteiger partial charge >= 0.3 is 0 Å². The molecule has 27 heavy (non-hydrogen) atoms. The van der Waals surface area contributed by atoms with Gasteiger partial charge in [0.05, 0.1) is 13.0 Å². The summed E-state index contributed by atoms with van der Waals surface area (Å²) in [6.45, 7) is 1.87. The van der Waals surface area contributed by atoms with Gasteiger partial charge < -0.3 is 15.4 Å². The molecule has 0 aromatic heterocycles. The smallest absolute Gasteiger partial charge is 0.251 e. The zero-order chi connectivity index (χ0) is 19.4. The number of anilines is 1. The number of carbonyl (C=O) groups excluding carboxylic acids is 2. The normalized spacial score (nSPS) is 11.7. The van der Waals surface area contributed by atoms with Gasteiger partial charge in [0.1, 0.15) is 5.75 Å². The molecule has 3 aromatic rings. The quantitative estimate of drug-likeness (QED) is 0.722. The molecule has 0 fully saturated rings. The van der Waals surface area contributed by atoms with E-state index in [1.165, 1.54) is 0 Å². The molecule has 1 unspecified atom stereocenters. The molecule has 0 saturated carbocycles. The van der Waals surface area contributed by atoms with Crippen molar-refractivity contribution in [3.05, 3.63) is 71.8 Å². The molecular formula is C22H22N2O3. The monoisotopic (exact) mass is 362 g/mol. The molecule has 138 valence electrons. The molecule has 2 amide bonds. The second-order valence-electron chi connectivity index (χ2n) is 6.34. The summed E-state index contributed by atoms with van der Waals surface area (Å²) in [7, 11) is 3.22. The highest BCUT2D eigenvalue weighted by Crippen LogP contribution is 2.26. The SMILES string of the molecule is CNC(=O)c1ccc(NC(=O)C(C)c2ccc3cc(OC)ccc3c2)cc1. The van der Waals surface area contributed by atoms with E-state index in [0.717, 1.165) is 22.1 Å². The Hall–Kier alpha value is -3.34. The van der Waals surface area contributed by atoms with Crippen molar-refractivity contribution in [3.8, 4) is 5.75 Å². The van der Waals surface area contributed by atoms with Crippen molar-refractivity contribution in [3.63, 3.8) is 0 Å². The number of methoxy groups -OCH3 is 1. The number of carbonyl (C=O) groups is 2. The Labute approximate surface area is 158 Å². The van der Waals surface area contributed by atoms with Crippen molar-refractivity contribution in [2.24, 2.45) is 0 Å². The van der Waals surface area contributed by atoms with Gasteiger partial charge in [0.25, 0.3) is 5.91 Å². The zero-order valence-corrected chi connectivity index (χ0v) is 15.6. The lowest BCUT2D eigenvalue weighted by Gasteiger charge is -2.14. The highest BCUT2D eigenvalue weighted by atomic mass is 16.5. The van der Waals surface area contributed by atoms with Crippen LogP contribution in [0.15, 0.2) is 60.7 Å². The summed E-state index contributed by atoms with van der Waals surface area (Å²) >= 11 is 0. The molecule has 3 aromatic carbocycles. The molecule has 5 heteroatoms. The summed E-state index contributed by atoms with van der Waals surface area (Å²) in [6.07, 6.45) is 0. The minimum absolute atomic E-state index is 0.101. The van der Waals surface area contributed by atoms with Crippen molar-refractivity contribution in [1.29, 1.82) is 0 Å². The fraction of sp³-hybridized carbons (Fsp3) is 0.182. The van der Waals surface area contributed by atoms with E-state index in [1.807, 2.05) is 43.3 Å². The number of ether oxygens (including phenoxy) is 1. The topological polar surface area (TPSA) is 67.4 Å². The van der Waals surface area contributed by atoms with E-state index in [2.05, 4.69) is 10.6 Å². The number of benzene rings is 3. The van der Waals surface area contributed by atoms with Crippen molar-refractivity contribution in [2.45, 2.75) is 12.8 Å². The summed E-state index contributed by atoms with van der Waals surface area (Å²) in [5.74, 6) is 0.237. The summed E-state index contributed by atoms with van der Waals surface area (Å²) < 4.78 is 5.25. The van der Waals surface area contributed by atoms with Crippen LogP contribution in [0.5, 0.6) is 5.75 Å². The Bertz CT molecular complexity index is 981. The Kier molecular flexibility index (Phi) is 5.41. The molecule has 2 N–H and O–H groups in total. The van der Waals surface area contributed by atoms with Crippen molar-refractivity contribution in [1.82, 2.24) is 5.32 Å². The summed E-state index contributed by atoms with van der Waals surface area (Å²) in [6, 6.07) is 18.7. The van der Waals surface area contributed by atoms with Gasteiger partial charge in [0.2, 0.25) is 5.91 Å². The van der Waals surface area contributed by atoms with Crippen LogP contribution in [0, 0.1) is 0 Å². The first kappa shape index (κ1) is 18.5. The summed E-state index contributed by atoms with van der Waals surface area (Å²) in [5, 5.41) is 7.59. The minimum Gasteiger partial charge on any atom is -0.497 e. The van der Waals surface area contributed by atoms with E-state index in [1.54, 1.807) is 38.4 Å². The minimum atomic E-state index is -0.310. The molecule has 0 aliphatic heterocycles.